The molecule has 2 heterocycles. The first kappa shape index (κ1) is 12.6. The molecule has 2 N–H and O–H groups in total. The molecule has 0 radical (unpaired) electrons. The first-order chi connectivity index (χ1) is 8.28. The fourth-order valence-corrected chi connectivity index (χ4v) is 2.58. The van der Waals surface area contributed by atoms with Crippen LogP contribution < -0.4 is 10.6 Å². The van der Waals surface area contributed by atoms with Gasteiger partial charge in [-0.05, 0) is 38.4 Å². The summed E-state index contributed by atoms with van der Waals surface area (Å²) in [6.07, 6.45) is 2.29. The van der Waals surface area contributed by atoms with Gasteiger partial charge in [-0.1, -0.05) is 6.92 Å². The lowest BCUT2D eigenvalue weighted by molar-refractivity contribution is 0.101. The molecule has 1 atom stereocenters. The molecule has 2 aliphatic rings. The molecule has 1 unspecified atom stereocenters. The SMILES string of the molecule is CCN(CC1CCNCC1)CC1CNC(=O)O1. The quantitative estimate of drug-likeness (QED) is 0.732. The van der Waals surface area contributed by atoms with Crippen molar-refractivity contribution in [2.24, 2.45) is 5.92 Å². The van der Waals surface area contributed by atoms with Crippen LogP contribution in [0.1, 0.15) is 19.8 Å². The van der Waals surface area contributed by atoms with Gasteiger partial charge in [-0.3, -0.25) is 4.90 Å². The Morgan fingerprint density at radius 3 is 2.71 bits per heavy atom. The Morgan fingerprint density at radius 2 is 2.12 bits per heavy atom. The number of carbonyl (C=O) groups is 1. The number of likely N-dealkylation sites (N-methyl/N-ethyl adjacent to an activating group) is 1. The largest absolute Gasteiger partial charge is 0.443 e. The van der Waals surface area contributed by atoms with Gasteiger partial charge in [0.25, 0.3) is 0 Å². The van der Waals surface area contributed by atoms with E-state index in [-0.39, 0.29) is 12.2 Å². The molecule has 2 rings (SSSR count). The Kier molecular flexibility index (Phi) is 4.62. The van der Waals surface area contributed by atoms with E-state index >= 15 is 0 Å². The summed E-state index contributed by atoms with van der Waals surface area (Å²) >= 11 is 0. The molecule has 0 aliphatic carbocycles. The van der Waals surface area contributed by atoms with Crippen molar-refractivity contribution in [3.63, 3.8) is 0 Å². The summed E-state index contributed by atoms with van der Waals surface area (Å²) in [5.41, 5.74) is 0. The molecule has 5 nitrogen and oxygen atoms in total. The van der Waals surface area contributed by atoms with E-state index in [1.807, 2.05) is 0 Å². The van der Waals surface area contributed by atoms with Crippen LogP contribution in [0.15, 0.2) is 0 Å². The topological polar surface area (TPSA) is 53.6 Å². The average molecular weight is 241 g/mol. The highest BCUT2D eigenvalue weighted by atomic mass is 16.6. The van der Waals surface area contributed by atoms with Crippen molar-refractivity contribution in [3.05, 3.63) is 0 Å². The number of rotatable bonds is 5. The molecule has 0 spiro atoms. The van der Waals surface area contributed by atoms with Crippen molar-refractivity contribution in [2.45, 2.75) is 25.9 Å². The molecule has 5 heteroatoms. The molecule has 2 aliphatic heterocycles. The third kappa shape index (κ3) is 3.85. The number of nitrogens with one attached hydrogen (secondary N) is 2. The summed E-state index contributed by atoms with van der Waals surface area (Å²) in [6, 6.07) is 0. The number of alkyl carbamates (subject to hydrolysis) is 1. The summed E-state index contributed by atoms with van der Waals surface area (Å²) in [6.45, 7) is 8.13. The van der Waals surface area contributed by atoms with E-state index in [2.05, 4.69) is 22.5 Å². The fraction of sp³-hybridized carbons (Fsp3) is 0.917. The number of amides is 1. The number of ether oxygens (including phenoxy) is 1. The number of piperidine rings is 1. The molecule has 0 aromatic carbocycles. The van der Waals surface area contributed by atoms with E-state index in [1.54, 1.807) is 0 Å². The van der Waals surface area contributed by atoms with Crippen molar-refractivity contribution >= 4 is 6.09 Å². The van der Waals surface area contributed by atoms with Crippen LogP contribution in [0.3, 0.4) is 0 Å². The van der Waals surface area contributed by atoms with Gasteiger partial charge in [0.1, 0.15) is 6.10 Å². The molecule has 98 valence electrons. The summed E-state index contributed by atoms with van der Waals surface area (Å²) < 4.78 is 5.18. The van der Waals surface area contributed by atoms with Crippen molar-refractivity contribution in [3.8, 4) is 0 Å². The van der Waals surface area contributed by atoms with Gasteiger partial charge in [-0.15, -0.1) is 0 Å². The number of nitrogens with zero attached hydrogens (tertiary/aromatic N) is 1. The van der Waals surface area contributed by atoms with Gasteiger partial charge in [0.05, 0.1) is 6.54 Å². The molecule has 0 saturated carbocycles. The normalized spacial score (nSPS) is 26.0. The van der Waals surface area contributed by atoms with Crippen LogP contribution >= 0.6 is 0 Å². The Balaban J connectivity index is 1.73. The zero-order chi connectivity index (χ0) is 12.1. The number of hydrogen-bond donors (Lipinski definition) is 2. The van der Waals surface area contributed by atoms with Gasteiger partial charge < -0.3 is 15.4 Å². The van der Waals surface area contributed by atoms with Crippen LogP contribution in [0.4, 0.5) is 4.79 Å². The third-order valence-corrected chi connectivity index (χ3v) is 3.63. The van der Waals surface area contributed by atoms with E-state index in [4.69, 9.17) is 4.74 Å². The summed E-state index contributed by atoms with van der Waals surface area (Å²) in [5.74, 6) is 0.793. The highest BCUT2D eigenvalue weighted by Gasteiger charge is 2.25. The first-order valence-corrected chi connectivity index (χ1v) is 6.65. The molecule has 1 amide bonds. The fourth-order valence-electron chi connectivity index (χ4n) is 2.58. The molecule has 0 aromatic rings. The molecule has 2 fully saturated rings. The number of cyclic esters (lactones) is 1. The second-order valence-electron chi connectivity index (χ2n) is 4.95. The lowest BCUT2D eigenvalue weighted by Gasteiger charge is -2.30. The summed E-state index contributed by atoms with van der Waals surface area (Å²) in [7, 11) is 0. The third-order valence-electron chi connectivity index (χ3n) is 3.63. The lowest BCUT2D eigenvalue weighted by atomic mass is 9.97. The molecule has 0 aromatic heterocycles. The van der Waals surface area contributed by atoms with Crippen LogP contribution in [0.5, 0.6) is 0 Å². The average Bonchev–Trinajstić information content (AvgIpc) is 2.75. The number of carbonyl (C=O) groups excluding carboxylic acids is 1. The van der Waals surface area contributed by atoms with Gasteiger partial charge in [-0.2, -0.15) is 0 Å². The molecular weight excluding hydrogens is 218 g/mol. The van der Waals surface area contributed by atoms with Gasteiger partial charge in [0.15, 0.2) is 0 Å². The van der Waals surface area contributed by atoms with E-state index in [9.17, 15) is 4.79 Å². The van der Waals surface area contributed by atoms with Crippen LogP contribution in [-0.2, 0) is 4.74 Å². The molecule has 0 bridgehead atoms. The van der Waals surface area contributed by atoms with E-state index in [0.717, 1.165) is 38.6 Å². The molecule has 2 saturated heterocycles. The predicted octanol–water partition coefficient (Wildman–Crippen LogP) is 0.416. The van der Waals surface area contributed by atoms with Gasteiger partial charge in [-0.25, -0.2) is 4.79 Å². The smallest absolute Gasteiger partial charge is 0.407 e. The van der Waals surface area contributed by atoms with Crippen LogP contribution in [0, 0.1) is 5.92 Å². The minimum atomic E-state index is -0.270. The summed E-state index contributed by atoms with van der Waals surface area (Å²) in [5, 5.41) is 6.09. The summed E-state index contributed by atoms with van der Waals surface area (Å²) in [4.78, 5) is 13.4. The van der Waals surface area contributed by atoms with E-state index in [0.29, 0.717) is 6.54 Å². The second kappa shape index (κ2) is 6.21. The molecule has 17 heavy (non-hydrogen) atoms. The monoisotopic (exact) mass is 241 g/mol. The highest BCUT2D eigenvalue weighted by molar-refractivity contribution is 5.69. The van der Waals surface area contributed by atoms with Crippen LogP contribution in [0.2, 0.25) is 0 Å². The molecular formula is C12H23N3O2. The Hall–Kier alpha value is -0.810. The zero-order valence-corrected chi connectivity index (χ0v) is 10.6. The van der Waals surface area contributed by atoms with Crippen molar-refractivity contribution < 1.29 is 9.53 Å². The van der Waals surface area contributed by atoms with Gasteiger partial charge in [0.2, 0.25) is 0 Å². The highest BCUT2D eigenvalue weighted by Crippen LogP contribution is 2.14. The van der Waals surface area contributed by atoms with Gasteiger partial charge >= 0.3 is 6.09 Å². The lowest BCUT2D eigenvalue weighted by Crippen LogP contribution is -2.40. The first-order valence-electron chi connectivity index (χ1n) is 6.65. The maximum absolute atomic E-state index is 11.0. The van der Waals surface area contributed by atoms with Crippen LogP contribution in [-0.4, -0.2) is 56.4 Å². The Labute approximate surface area is 103 Å². The van der Waals surface area contributed by atoms with Crippen molar-refractivity contribution in [2.75, 3.05) is 39.3 Å². The van der Waals surface area contributed by atoms with Crippen LogP contribution in [0.25, 0.3) is 0 Å². The maximum atomic E-state index is 11.0. The maximum Gasteiger partial charge on any atom is 0.407 e. The van der Waals surface area contributed by atoms with Crippen molar-refractivity contribution in [1.29, 1.82) is 0 Å². The number of hydrogen-bond acceptors (Lipinski definition) is 4. The predicted molar refractivity (Wildman–Crippen MR) is 66.0 cm³/mol. The minimum Gasteiger partial charge on any atom is -0.443 e. The van der Waals surface area contributed by atoms with Crippen molar-refractivity contribution in [1.82, 2.24) is 15.5 Å². The van der Waals surface area contributed by atoms with E-state index in [1.165, 1.54) is 12.8 Å². The standard InChI is InChI=1S/C12H23N3O2/c1-2-15(8-10-3-5-13-6-4-10)9-11-7-14-12(16)17-11/h10-11,13H,2-9H2,1H3,(H,14,16). The Morgan fingerprint density at radius 1 is 1.35 bits per heavy atom. The van der Waals surface area contributed by atoms with E-state index < -0.39 is 0 Å². The second-order valence-corrected chi connectivity index (χ2v) is 4.95. The van der Waals surface area contributed by atoms with Gasteiger partial charge in [0, 0.05) is 13.1 Å². The Bertz CT molecular complexity index is 254. The minimum absolute atomic E-state index is 0.0316. The zero-order valence-electron chi connectivity index (χ0n) is 10.6.